The van der Waals surface area contributed by atoms with E-state index in [9.17, 15) is 4.79 Å². The Morgan fingerprint density at radius 2 is 2.47 bits per heavy atom. The number of carbonyl (C=O) groups excluding carboxylic acids is 1. The predicted octanol–water partition coefficient (Wildman–Crippen LogP) is 0.681. The summed E-state index contributed by atoms with van der Waals surface area (Å²) in [5.41, 5.74) is 4.56. The lowest BCUT2D eigenvalue weighted by Crippen LogP contribution is -2.32. The van der Waals surface area contributed by atoms with Crippen LogP contribution in [0.4, 0.5) is 5.69 Å². The van der Waals surface area contributed by atoms with Crippen LogP contribution in [0.1, 0.15) is 15.9 Å². The van der Waals surface area contributed by atoms with Crippen LogP contribution in [0.25, 0.3) is 0 Å². The Kier molecular flexibility index (Phi) is 2.33. The summed E-state index contributed by atoms with van der Waals surface area (Å²) < 4.78 is 0. The highest BCUT2D eigenvalue weighted by Gasteiger charge is 2.12. The number of nitrogens with zero attached hydrogens (tertiary/aromatic N) is 3. The van der Waals surface area contributed by atoms with Crippen LogP contribution in [0.5, 0.6) is 0 Å². The molecule has 0 saturated heterocycles. The number of hydrazine groups is 1. The smallest absolute Gasteiger partial charge is 0.150 e. The van der Waals surface area contributed by atoms with Crippen molar-refractivity contribution in [3.05, 3.63) is 29.3 Å². The first kappa shape index (κ1) is 9.21. The molecule has 0 fully saturated rings. The molecule has 74 valence electrons. The maximum Gasteiger partial charge on any atom is 0.150 e. The Bertz CT molecular complexity index is 453. The molecule has 1 aliphatic rings. The third-order valence-electron chi connectivity index (χ3n) is 2.10. The third-order valence-corrected chi connectivity index (χ3v) is 2.10. The van der Waals surface area contributed by atoms with E-state index in [4.69, 9.17) is 5.26 Å². The molecule has 1 aromatic carbocycles. The van der Waals surface area contributed by atoms with E-state index >= 15 is 0 Å². The molecule has 5 nitrogen and oxygen atoms in total. The summed E-state index contributed by atoms with van der Waals surface area (Å²) in [4.78, 5) is 14.5. The molecule has 0 aromatic heterocycles. The molecule has 1 N–H and O–H groups in total. The molecule has 5 heteroatoms. The Morgan fingerprint density at radius 1 is 1.60 bits per heavy atom. The van der Waals surface area contributed by atoms with Crippen molar-refractivity contribution in [3.8, 4) is 6.07 Å². The summed E-state index contributed by atoms with van der Waals surface area (Å²) in [6.07, 6.45) is 2.29. The van der Waals surface area contributed by atoms with Crippen molar-refractivity contribution in [2.45, 2.75) is 0 Å². The minimum Gasteiger partial charge on any atom is -0.298 e. The van der Waals surface area contributed by atoms with E-state index in [1.807, 2.05) is 0 Å². The number of rotatable bonds is 2. The quantitative estimate of drug-likeness (QED) is 0.713. The van der Waals surface area contributed by atoms with E-state index in [1.54, 1.807) is 29.5 Å². The fourth-order valence-electron chi connectivity index (χ4n) is 1.37. The lowest BCUT2D eigenvalue weighted by Gasteiger charge is -2.18. The molecular weight excluding hydrogens is 192 g/mol. The number of hydrogen-bond donors (Lipinski definition) is 1. The van der Waals surface area contributed by atoms with Gasteiger partial charge in [0, 0.05) is 5.56 Å². The molecule has 1 aromatic rings. The largest absolute Gasteiger partial charge is 0.298 e. The minimum atomic E-state index is 0.456. The first-order chi connectivity index (χ1) is 7.35. The highest BCUT2D eigenvalue weighted by molar-refractivity contribution is 5.78. The lowest BCUT2D eigenvalue weighted by molar-refractivity contribution is 0.112. The maximum atomic E-state index is 10.5. The van der Waals surface area contributed by atoms with Crippen LogP contribution >= 0.6 is 0 Å². The molecule has 1 aliphatic heterocycles. The zero-order chi connectivity index (χ0) is 10.7. The van der Waals surface area contributed by atoms with Gasteiger partial charge in [0.05, 0.1) is 11.3 Å². The normalized spacial score (nSPS) is 13.4. The van der Waals surface area contributed by atoms with E-state index in [1.165, 1.54) is 0 Å². The lowest BCUT2D eigenvalue weighted by atomic mass is 10.1. The Labute approximate surface area is 86.6 Å². The summed E-state index contributed by atoms with van der Waals surface area (Å²) in [6, 6.07) is 7.00. The molecule has 0 unspecified atom stereocenters. The third kappa shape index (κ3) is 1.65. The van der Waals surface area contributed by atoms with E-state index in [2.05, 4.69) is 16.5 Å². The molecule has 0 aliphatic carbocycles. The minimum absolute atomic E-state index is 0.456. The van der Waals surface area contributed by atoms with Crippen LogP contribution in [0.15, 0.2) is 23.2 Å². The molecule has 15 heavy (non-hydrogen) atoms. The van der Waals surface area contributed by atoms with Crippen LogP contribution in [-0.2, 0) is 0 Å². The van der Waals surface area contributed by atoms with Crippen LogP contribution in [0, 0.1) is 11.3 Å². The number of nitriles is 1. The molecule has 0 saturated carbocycles. The van der Waals surface area contributed by atoms with Crippen molar-refractivity contribution in [2.24, 2.45) is 4.99 Å². The summed E-state index contributed by atoms with van der Waals surface area (Å²) in [7, 11) is 0. The number of anilines is 1. The fraction of sp³-hybridized carbons (Fsp3) is 0.100. The average Bonchev–Trinajstić information content (AvgIpc) is 2.81. The van der Waals surface area contributed by atoms with Gasteiger partial charge in [-0.2, -0.15) is 5.26 Å². The van der Waals surface area contributed by atoms with Crippen molar-refractivity contribution in [3.63, 3.8) is 0 Å². The Balaban J connectivity index is 2.39. The average molecular weight is 200 g/mol. The fourth-order valence-corrected chi connectivity index (χ4v) is 1.37. The second kappa shape index (κ2) is 3.80. The van der Waals surface area contributed by atoms with Gasteiger partial charge in [-0.1, -0.05) is 0 Å². The number of aldehydes is 1. The maximum absolute atomic E-state index is 10.5. The van der Waals surface area contributed by atoms with Gasteiger partial charge in [0.2, 0.25) is 0 Å². The van der Waals surface area contributed by atoms with E-state index in [0.717, 1.165) is 12.0 Å². The number of benzene rings is 1. The molecule has 0 spiro atoms. The first-order valence-corrected chi connectivity index (χ1v) is 4.36. The Hall–Kier alpha value is -2.35. The summed E-state index contributed by atoms with van der Waals surface area (Å²) in [5.74, 6) is 0. The highest BCUT2D eigenvalue weighted by Crippen LogP contribution is 2.20. The van der Waals surface area contributed by atoms with Crippen molar-refractivity contribution < 1.29 is 4.79 Å². The summed E-state index contributed by atoms with van der Waals surface area (Å²) >= 11 is 0. The van der Waals surface area contributed by atoms with Gasteiger partial charge >= 0.3 is 0 Å². The van der Waals surface area contributed by atoms with Gasteiger partial charge in [-0.05, 0) is 18.2 Å². The number of nitrogens with one attached hydrogen (secondary N) is 1. The molecule has 2 rings (SSSR count). The molecule has 0 bridgehead atoms. The second-order valence-electron chi connectivity index (χ2n) is 3.02. The summed E-state index contributed by atoms with van der Waals surface area (Å²) in [5, 5.41) is 10.7. The predicted molar refractivity (Wildman–Crippen MR) is 55.5 cm³/mol. The molecule has 1 heterocycles. The van der Waals surface area contributed by atoms with E-state index in [0.29, 0.717) is 17.8 Å². The van der Waals surface area contributed by atoms with E-state index in [-0.39, 0.29) is 0 Å². The SMILES string of the molecule is N#Cc1cc(C=O)ccc1N1CN=CN1. The molecule has 0 radical (unpaired) electrons. The number of carbonyl (C=O) groups is 1. The van der Waals surface area contributed by atoms with Crippen LogP contribution < -0.4 is 10.4 Å². The topological polar surface area (TPSA) is 68.5 Å². The van der Waals surface area contributed by atoms with Gasteiger partial charge in [0.25, 0.3) is 0 Å². The van der Waals surface area contributed by atoms with Crippen molar-refractivity contribution in [2.75, 3.05) is 11.7 Å². The zero-order valence-electron chi connectivity index (χ0n) is 7.84. The standard InChI is InChI=1S/C10H8N4O/c11-4-9-3-8(5-15)1-2-10(9)14-7-12-6-13-14/h1-3,5-6H,7H2,(H,12,13). The van der Waals surface area contributed by atoms with Crippen LogP contribution in [-0.4, -0.2) is 19.3 Å². The van der Waals surface area contributed by atoms with Gasteiger partial charge in [0.15, 0.2) is 0 Å². The van der Waals surface area contributed by atoms with Gasteiger partial charge in [-0.15, -0.1) is 0 Å². The van der Waals surface area contributed by atoms with Gasteiger partial charge in [-0.3, -0.25) is 20.2 Å². The number of hydrogen-bond acceptors (Lipinski definition) is 5. The highest BCUT2D eigenvalue weighted by atomic mass is 16.1. The molecular formula is C10H8N4O. The van der Waals surface area contributed by atoms with Gasteiger partial charge < -0.3 is 0 Å². The van der Waals surface area contributed by atoms with Gasteiger partial charge in [-0.25, -0.2) is 0 Å². The van der Waals surface area contributed by atoms with Gasteiger partial charge in [0.1, 0.15) is 25.4 Å². The Morgan fingerprint density at radius 3 is 3.07 bits per heavy atom. The monoisotopic (exact) mass is 200 g/mol. The zero-order valence-corrected chi connectivity index (χ0v) is 7.84. The van der Waals surface area contributed by atoms with E-state index < -0.39 is 0 Å². The van der Waals surface area contributed by atoms with Crippen molar-refractivity contribution >= 4 is 18.3 Å². The van der Waals surface area contributed by atoms with Crippen LogP contribution in [0.3, 0.4) is 0 Å². The van der Waals surface area contributed by atoms with Crippen molar-refractivity contribution in [1.82, 2.24) is 5.43 Å². The first-order valence-electron chi connectivity index (χ1n) is 4.36. The summed E-state index contributed by atoms with van der Waals surface area (Å²) in [6.45, 7) is 0.467. The molecule has 0 atom stereocenters. The van der Waals surface area contributed by atoms with Crippen LogP contribution in [0.2, 0.25) is 0 Å². The molecule has 0 amide bonds. The second-order valence-corrected chi connectivity index (χ2v) is 3.02. The van der Waals surface area contributed by atoms with Crippen molar-refractivity contribution in [1.29, 1.82) is 5.26 Å². The number of aliphatic imine (C=N–C) groups is 1.